The molecular weight excluding hydrogens is 366 g/mol. The Balaban J connectivity index is 1.92. The number of hydrogen-bond donors (Lipinski definition) is 0. The molecule has 22 heavy (non-hydrogen) atoms. The lowest BCUT2D eigenvalue weighted by Crippen LogP contribution is -2.12. The number of aromatic nitrogens is 1. The van der Waals surface area contributed by atoms with Crippen molar-refractivity contribution in [1.82, 2.24) is 4.98 Å². The fraction of sp³-hybridized carbons (Fsp3) is 0.125. The van der Waals surface area contributed by atoms with Gasteiger partial charge in [0, 0.05) is 5.33 Å². The van der Waals surface area contributed by atoms with Crippen LogP contribution < -0.4 is 4.74 Å². The molecule has 0 amide bonds. The molecule has 0 saturated heterocycles. The summed E-state index contributed by atoms with van der Waals surface area (Å²) in [7, 11) is 0. The Morgan fingerprint density at radius 2 is 1.91 bits per heavy atom. The van der Waals surface area contributed by atoms with E-state index in [2.05, 4.69) is 20.9 Å². The molecule has 3 rings (SSSR count). The number of carbonyl (C=O) groups is 1. The third-order valence-corrected chi connectivity index (χ3v) is 4.30. The predicted molar refractivity (Wildman–Crippen MR) is 90.8 cm³/mol. The van der Waals surface area contributed by atoms with Crippen LogP contribution in [0.4, 0.5) is 4.79 Å². The lowest BCUT2D eigenvalue weighted by atomic mass is 10.2. The van der Waals surface area contributed by atoms with Crippen molar-refractivity contribution in [3.05, 3.63) is 48.5 Å². The minimum atomic E-state index is -0.715. The molecule has 1 heterocycles. The maximum Gasteiger partial charge on any atom is 0.513 e. The van der Waals surface area contributed by atoms with Crippen molar-refractivity contribution >= 4 is 43.6 Å². The van der Waals surface area contributed by atoms with E-state index in [0.29, 0.717) is 11.1 Å². The summed E-state index contributed by atoms with van der Waals surface area (Å²) >= 11 is 4.75. The normalized spacial score (nSPS) is 10.6. The van der Waals surface area contributed by atoms with Crippen LogP contribution in [0.2, 0.25) is 0 Å². The summed E-state index contributed by atoms with van der Waals surface area (Å²) in [5.74, 6) is 0.445. The highest BCUT2D eigenvalue weighted by atomic mass is 79.9. The van der Waals surface area contributed by atoms with Crippen LogP contribution in [0.5, 0.6) is 5.75 Å². The Bertz CT molecular complexity index is 770. The van der Waals surface area contributed by atoms with Crippen LogP contribution in [0, 0.1) is 0 Å². The van der Waals surface area contributed by atoms with E-state index in [-0.39, 0.29) is 6.61 Å². The average molecular weight is 378 g/mol. The molecule has 3 aromatic rings. The number of rotatable bonds is 4. The number of thiazole rings is 1. The topological polar surface area (TPSA) is 48.4 Å². The number of nitrogens with zero attached hydrogens (tertiary/aromatic N) is 1. The van der Waals surface area contributed by atoms with E-state index in [4.69, 9.17) is 9.47 Å². The zero-order valence-electron chi connectivity index (χ0n) is 11.5. The molecule has 1 aromatic heterocycles. The molecule has 0 atom stereocenters. The molecule has 0 bridgehead atoms. The summed E-state index contributed by atoms with van der Waals surface area (Å²) in [6.45, 7) is 0.266. The molecule has 0 aliphatic rings. The first-order valence-electron chi connectivity index (χ1n) is 6.63. The van der Waals surface area contributed by atoms with Crippen LogP contribution in [0.1, 0.15) is 0 Å². The summed E-state index contributed by atoms with van der Waals surface area (Å²) in [4.78, 5) is 16.2. The summed E-state index contributed by atoms with van der Waals surface area (Å²) in [5, 5.41) is 1.38. The predicted octanol–water partition coefficient (Wildman–Crippen LogP) is 4.87. The minimum Gasteiger partial charge on any atom is -0.433 e. The van der Waals surface area contributed by atoms with Gasteiger partial charge in [-0.1, -0.05) is 40.2 Å². The van der Waals surface area contributed by atoms with Crippen LogP contribution in [-0.4, -0.2) is 23.1 Å². The SMILES string of the molecule is O=C(OCCBr)Oc1ccccc1-c1nc2ccccc2s1. The Morgan fingerprint density at radius 1 is 1.14 bits per heavy atom. The van der Waals surface area contributed by atoms with Gasteiger partial charge < -0.3 is 9.47 Å². The molecule has 0 aliphatic carbocycles. The van der Waals surface area contributed by atoms with E-state index >= 15 is 0 Å². The maximum atomic E-state index is 11.6. The molecule has 4 nitrogen and oxygen atoms in total. The number of para-hydroxylation sites is 2. The highest BCUT2D eigenvalue weighted by Gasteiger charge is 2.14. The van der Waals surface area contributed by atoms with Crippen molar-refractivity contribution in [3.63, 3.8) is 0 Å². The van der Waals surface area contributed by atoms with Crippen molar-refractivity contribution in [2.24, 2.45) is 0 Å². The van der Waals surface area contributed by atoms with E-state index in [1.165, 1.54) is 0 Å². The van der Waals surface area contributed by atoms with Crippen LogP contribution in [0.25, 0.3) is 20.8 Å². The summed E-state index contributed by atoms with van der Waals surface area (Å²) in [5.41, 5.74) is 1.71. The number of ether oxygens (including phenoxy) is 2. The largest absolute Gasteiger partial charge is 0.513 e. The van der Waals surface area contributed by atoms with Gasteiger partial charge >= 0.3 is 6.16 Å². The zero-order chi connectivity index (χ0) is 15.4. The molecule has 0 radical (unpaired) electrons. The van der Waals surface area contributed by atoms with Crippen molar-refractivity contribution in [1.29, 1.82) is 0 Å². The smallest absolute Gasteiger partial charge is 0.433 e. The van der Waals surface area contributed by atoms with E-state index in [0.717, 1.165) is 20.8 Å². The first kappa shape index (κ1) is 15.0. The summed E-state index contributed by atoms with van der Waals surface area (Å²) < 4.78 is 11.3. The van der Waals surface area contributed by atoms with Gasteiger partial charge in [-0.15, -0.1) is 11.3 Å². The van der Waals surface area contributed by atoms with Crippen LogP contribution >= 0.6 is 27.3 Å². The summed E-state index contributed by atoms with van der Waals surface area (Å²) in [6, 6.07) is 15.2. The fourth-order valence-electron chi connectivity index (χ4n) is 1.96. The van der Waals surface area contributed by atoms with Gasteiger partial charge in [0.1, 0.15) is 17.4 Å². The molecule has 0 spiro atoms. The van der Waals surface area contributed by atoms with Gasteiger partial charge in [-0.3, -0.25) is 0 Å². The standard InChI is InChI=1S/C16H12BrNO3S/c17-9-10-20-16(19)21-13-7-3-1-5-11(13)15-18-12-6-2-4-8-14(12)22-15/h1-8H,9-10H2. The van der Waals surface area contributed by atoms with E-state index in [9.17, 15) is 4.79 Å². The number of benzene rings is 2. The molecular formula is C16H12BrNO3S. The minimum absolute atomic E-state index is 0.266. The Morgan fingerprint density at radius 3 is 2.73 bits per heavy atom. The van der Waals surface area contributed by atoms with Crippen molar-refractivity contribution in [2.45, 2.75) is 0 Å². The number of fused-ring (bicyclic) bond motifs is 1. The second kappa shape index (κ2) is 6.89. The van der Waals surface area contributed by atoms with Crippen molar-refractivity contribution < 1.29 is 14.3 Å². The molecule has 0 fully saturated rings. The molecule has 6 heteroatoms. The fourth-order valence-corrected chi connectivity index (χ4v) is 3.12. The van der Waals surface area contributed by atoms with Crippen LogP contribution in [0.3, 0.4) is 0 Å². The highest BCUT2D eigenvalue weighted by molar-refractivity contribution is 9.09. The van der Waals surface area contributed by atoms with E-state index in [1.54, 1.807) is 17.4 Å². The second-order valence-electron chi connectivity index (χ2n) is 4.37. The van der Waals surface area contributed by atoms with Crippen LogP contribution in [0.15, 0.2) is 48.5 Å². The Hall–Kier alpha value is -1.92. The van der Waals surface area contributed by atoms with Gasteiger partial charge in [-0.2, -0.15) is 0 Å². The van der Waals surface area contributed by atoms with Gasteiger partial charge in [0.2, 0.25) is 0 Å². The third-order valence-electron chi connectivity index (χ3n) is 2.90. The molecule has 0 aliphatic heterocycles. The number of hydrogen-bond acceptors (Lipinski definition) is 5. The number of alkyl halides is 1. The number of carbonyl (C=O) groups excluding carboxylic acids is 1. The van der Waals surface area contributed by atoms with Gasteiger partial charge in [0.05, 0.1) is 15.8 Å². The van der Waals surface area contributed by atoms with Crippen molar-refractivity contribution in [2.75, 3.05) is 11.9 Å². The molecule has 0 N–H and O–H groups in total. The van der Waals surface area contributed by atoms with Gasteiger partial charge in [0.25, 0.3) is 0 Å². The van der Waals surface area contributed by atoms with Crippen molar-refractivity contribution in [3.8, 4) is 16.3 Å². The van der Waals surface area contributed by atoms with Gasteiger partial charge in [0.15, 0.2) is 0 Å². The van der Waals surface area contributed by atoms with Gasteiger partial charge in [-0.25, -0.2) is 9.78 Å². The number of halogens is 1. The Kier molecular flexibility index (Phi) is 4.70. The highest BCUT2D eigenvalue weighted by Crippen LogP contribution is 2.35. The lowest BCUT2D eigenvalue weighted by molar-refractivity contribution is 0.105. The molecule has 112 valence electrons. The van der Waals surface area contributed by atoms with Gasteiger partial charge in [-0.05, 0) is 24.3 Å². The lowest BCUT2D eigenvalue weighted by Gasteiger charge is -2.07. The molecule has 2 aromatic carbocycles. The van der Waals surface area contributed by atoms with E-state index < -0.39 is 6.16 Å². The molecule has 0 saturated carbocycles. The average Bonchev–Trinajstić information content (AvgIpc) is 2.97. The zero-order valence-corrected chi connectivity index (χ0v) is 13.9. The quantitative estimate of drug-likeness (QED) is 0.369. The Labute approximate surface area is 139 Å². The van der Waals surface area contributed by atoms with Crippen LogP contribution in [-0.2, 0) is 4.74 Å². The third kappa shape index (κ3) is 3.28. The first-order chi connectivity index (χ1) is 10.8. The molecule has 0 unspecified atom stereocenters. The maximum absolute atomic E-state index is 11.6. The monoisotopic (exact) mass is 377 g/mol. The summed E-state index contributed by atoms with van der Waals surface area (Å²) in [6.07, 6.45) is -0.715. The second-order valence-corrected chi connectivity index (χ2v) is 6.20. The first-order valence-corrected chi connectivity index (χ1v) is 8.57. The van der Waals surface area contributed by atoms with E-state index in [1.807, 2.05) is 42.5 Å².